The molecule has 0 fully saturated rings. The van der Waals surface area contributed by atoms with Gasteiger partial charge >= 0.3 is 5.97 Å². The first-order valence-corrected chi connectivity index (χ1v) is 6.10. The number of carbonyl (C=O) groups excluding carboxylic acids is 1. The lowest BCUT2D eigenvalue weighted by Gasteiger charge is -2.27. The molecule has 20 heavy (non-hydrogen) atoms. The van der Waals surface area contributed by atoms with Crippen LogP contribution in [0.15, 0.2) is 24.3 Å². The van der Waals surface area contributed by atoms with Crippen molar-refractivity contribution in [2.75, 3.05) is 6.61 Å². The number of benzene rings is 1. The Morgan fingerprint density at radius 2 is 2.05 bits per heavy atom. The molecule has 0 spiro atoms. The van der Waals surface area contributed by atoms with Crippen LogP contribution < -0.4 is 10.1 Å². The Morgan fingerprint density at radius 1 is 1.40 bits per heavy atom. The standard InChI is InChI=1S/C14H18FNO4/c1-14(2,3)12(13(18)19)16-11(17)8-20-10-6-4-5-9(15)7-10/h4-7,12H,8H2,1-3H3,(H,16,17)(H,18,19)/t12-/m1/s1. The van der Waals surface area contributed by atoms with Crippen molar-refractivity contribution in [3.05, 3.63) is 30.1 Å². The molecule has 0 aliphatic heterocycles. The van der Waals surface area contributed by atoms with Gasteiger partial charge in [-0.25, -0.2) is 9.18 Å². The molecule has 0 heterocycles. The number of carboxylic acids is 1. The van der Waals surface area contributed by atoms with Crippen molar-refractivity contribution in [2.24, 2.45) is 5.41 Å². The van der Waals surface area contributed by atoms with Crippen LogP contribution in [0.3, 0.4) is 0 Å². The van der Waals surface area contributed by atoms with E-state index in [0.717, 1.165) is 6.07 Å². The summed E-state index contributed by atoms with van der Waals surface area (Å²) in [5.74, 6) is -1.95. The van der Waals surface area contributed by atoms with E-state index in [0.29, 0.717) is 0 Å². The number of rotatable bonds is 5. The second-order valence-electron chi connectivity index (χ2n) is 5.45. The maximum absolute atomic E-state index is 12.9. The molecule has 0 radical (unpaired) electrons. The molecule has 2 N–H and O–H groups in total. The van der Waals surface area contributed by atoms with Crippen molar-refractivity contribution in [3.8, 4) is 5.75 Å². The zero-order valence-corrected chi connectivity index (χ0v) is 11.6. The Balaban J connectivity index is 2.57. The van der Waals surface area contributed by atoms with Gasteiger partial charge in [0.2, 0.25) is 0 Å². The Kier molecular flexibility index (Phi) is 5.07. The van der Waals surface area contributed by atoms with Crippen molar-refractivity contribution in [2.45, 2.75) is 26.8 Å². The molecule has 0 bridgehead atoms. The predicted molar refractivity (Wildman–Crippen MR) is 70.9 cm³/mol. The van der Waals surface area contributed by atoms with Crippen molar-refractivity contribution in [3.63, 3.8) is 0 Å². The van der Waals surface area contributed by atoms with Gasteiger partial charge in [-0.15, -0.1) is 0 Å². The van der Waals surface area contributed by atoms with Gasteiger partial charge in [0.15, 0.2) is 6.61 Å². The average molecular weight is 283 g/mol. The highest BCUT2D eigenvalue weighted by molar-refractivity contribution is 5.84. The van der Waals surface area contributed by atoms with E-state index in [1.807, 2.05) is 0 Å². The summed E-state index contributed by atoms with van der Waals surface area (Å²) in [4.78, 5) is 22.8. The molecule has 0 aliphatic carbocycles. The summed E-state index contributed by atoms with van der Waals surface area (Å²) in [6.45, 7) is 4.75. The number of halogens is 1. The Labute approximate surface area is 116 Å². The summed E-state index contributed by atoms with van der Waals surface area (Å²) in [7, 11) is 0. The zero-order valence-electron chi connectivity index (χ0n) is 11.6. The van der Waals surface area contributed by atoms with E-state index in [-0.39, 0.29) is 12.4 Å². The molecule has 0 aromatic heterocycles. The van der Waals surface area contributed by atoms with Crippen molar-refractivity contribution in [1.29, 1.82) is 0 Å². The molecule has 1 aromatic carbocycles. The second-order valence-corrected chi connectivity index (χ2v) is 5.45. The first-order valence-electron chi connectivity index (χ1n) is 6.10. The maximum Gasteiger partial charge on any atom is 0.326 e. The third-order valence-electron chi connectivity index (χ3n) is 2.58. The molecule has 1 atom stereocenters. The lowest BCUT2D eigenvalue weighted by Crippen LogP contribution is -2.50. The number of nitrogens with one attached hydrogen (secondary N) is 1. The average Bonchev–Trinajstić information content (AvgIpc) is 2.31. The van der Waals surface area contributed by atoms with Crippen LogP contribution in [0.25, 0.3) is 0 Å². The molecule has 1 rings (SSSR count). The van der Waals surface area contributed by atoms with E-state index >= 15 is 0 Å². The monoisotopic (exact) mass is 283 g/mol. The molecule has 0 unspecified atom stereocenters. The number of carboxylic acid groups (broad SMARTS) is 1. The van der Waals surface area contributed by atoms with Crippen LogP contribution in [0, 0.1) is 11.2 Å². The van der Waals surface area contributed by atoms with Crippen molar-refractivity contribution >= 4 is 11.9 Å². The SMILES string of the molecule is CC(C)(C)[C@H](NC(=O)COc1cccc(F)c1)C(=O)O. The third kappa shape index (κ3) is 4.87. The van der Waals surface area contributed by atoms with Gasteiger partial charge in [-0.2, -0.15) is 0 Å². The summed E-state index contributed by atoms with van der Waals surface area (Å²) in [6.07, 6.45) is 0. The Morgan fingerprint density at radius 3 is 2.55 bits per heavy atom. The Bertz CT molecular complexity index is 496. The van der Waals surface area contributed by atoms with E-state index in [1.165, 1.54) is 18.2 Å². The van der Waals surface area contributed by atoms with Crippen LogP contribution in [-0.4, -0.2) is 29.6 Å². The minimum Gasteiger partial charge on any atom is -0.484 e. The van der Waals surface area contributed by atoms with Gasteiger partial charge in [0.1, 0.15) is 17.6 Å². The minimum atomic E-state index is -1.11. The highest BCUT2D eigenvalue weighted by Crippen LogP contribution is 2.19. The van der Waals surface area contributed by atoms with E-state index in [9.17, 15) is 14.0 Å². The minimum absolute atomic E-state index is 0.211. The first-order chi connectivity index (χ1) is 9.20. The van der Waals surface area contributed by atoms with Crippen LogP contribution in [0.5, 0.6) is 5.75 Å². The van der Waals surface area contributed by atoms with Gasteiger partial charge in [-0.3, -0.25) is 4.79 Å². The first kappa shape index (κ1) is 15.9. The van der Waals surface area contributed by atoms with Crippen molar-refractivity contribution in [1.82, 2.24) is 5.32 Å². The van der Waals surface area contributed by atoms with Crippen LogP contribution >= 0.6 is 0 Å². The lowest BCUT2D eigenvalue weighted by atomic mass is 9.87. The van der Waals surface area contributed by atoms with Gasteiger partial charge < -0.3 is 15.2 Å². The molecule has 6 heteroatoms. The maximum atomic E-state index is 12.9. The number of carbonyl (C=O) groups is 2. The molecular formula is C14H18FNO4. The van der Waals surface area contributed by atoms with E-state index in [4.69, 9.17) is 9.84 Å². The van der Waals surface area contributed by atoms with Gasteiger partial charge in [0.05, 0.1) is 0 Å². The zero-order chi connectivity index (χ0) is 15.3. The second kappa shape index (κ2) is 6.36. The van der Waals surface area contributed by atoms with E-state index < -0.39 is 29.2 Å². The van der Waals surface area contributed by atoms with E-state index in [1.54, 1.807) is 20.8 Å². The van der Waals surface area contributed by atoms with Gasteiger partial charge in [-0.1, -0.05) is 26.8 Å². The number of ether oxygens (including phenoxy) is 1. The van der Waals surface area contributed by atoms with E-state index in [2.05, 4.69) is 5.32 Å². The fourth-order valence-corrected chi connectivity index (χ4v) is 1.56. The summed E-state index contributed by atoms with van der Waals surface area (Å²) < 4.78 is 18.0. The molecule has 0 saturated carbocycles. The predicted octanol–water partition coefficient (Wildman–Crippen LogP) is 1.82. The molecule has 0 saturated heterocycles. The largest absolute Gasteiger partial charge is 0.484 e. The van der Waals surface area contributed by atoms with Gasteiger partial charge in [-0.05, 0) is 17.5 Å². The third-order valence-corrected chi connectivity index (χ3v) is 2.58. The summed E-state index contributed by atoms with van der Waals surface area (Å²) >= 11 is 0. The number of hydrogen-bond donors (Lipinski definition) is 2. The van der Waals surface area contributed by atoms with Gasteiger partial charge in [0.25, 0.3) is 5.91 Å². The van der Waals surface area contributed by atoms with Crippen LogP contribution in [-0.2, 0) is 9.59 Å². The summed E-state index contributed by atoms with van der Waals surface area (Å²) in [5.41, 5.74) is -0.625. The molecule has 5 nitrogen and oxygen atoms in total. The Hall–Kier alpha value is -2.11. The number of aliphatic carboxylic acids is 1. The smallest absolute Gasteiger partial charge is 0.326 e. The fourth-order valence-electron chi connectivity index (χ4n) is 1.56. The highest BCUT2D eigenvalue weighted by atomic mass is 19.1. The van der Waals surface area contributed by atoms with Crippen molar-refractivity contribution < 1.29 is 23.8 Å². The molecular weight excluding hydrogens is 265 g/mol. The molecule has 0 aliphatic rings. The number of hydrogen-bond acceptors (Lipinski definition) is 3. The quantitative estimate of drug-likeness (QED) is 0.864. The summed E-state index contributed by atoms with van der Waals surface area (Å²) in [5, 5.41) is 11.5. The normalized spacial score (nSPS) is 12.6. The van der Waals surface area contributed by atoms with Gasteiger partial charge in [0, 0.05) is 6.07 Å². The topological polar surface area (TPSA) is 75.6 Å². The van der Waals surface area contributed by atoms with Crippen LogP contribution in [0.4, 0.5) is 4.39 Å². The summed E-state index contributed by atoms with van der Waals surface area (Å²) in [6, 6.07) is 4.34. The van der Waals surface area contributed by atoms with Crippen LogP contribution in [0.1, 0.15) is 20.8 Å². The van der Waals surface area contributed by atoms with Crippen LogP contribution in [0.2, 0.25) is 0 Å². The number of amides is 1. The fraction of sp³-hybridized carbons (Fsp3) is 0.429. The lowest BCUT2D eigenvalue weighted by molar-refractivity contribution is -0.145. The molecule has 1 amide bonds. The molecule has 1 aromatic rings. The molecule has 110 valence electrons. The highest BCUT2D eigenvalue weighted by Gasteiger charge is 2.32.